The molecular weight excluding hydrogens is 268 g/mol. The van der Waals surface area contributed by atoms with Gasteiger partial charge in [-0.1, -0.05) is 19.8 Å². The zero-order chi connectivity index (χ0) is 15.2. The van der Waals surface area contributed by atoms with Crippen LogP contribution >= 0.6 is 0 Å². The summed E-state index contributed by atoms with van der Waals surface area (Å²) in [4.78, 5) is 10.9. The van der Waals surface area contributed by atoms with Gasteiger partial charge in [-0.25, -0.2) is 0 Å². The summed E-state index contributed by atoms with van der Waals surface area (Å²) >= 11 is 0. The molecule has 1 fully saturated rings. The van der Waals surface area contributed by atoms with Gasteiger partial charge in [-0.15, -0.1) is 0 Å². The van der Waals surface area contributed by atoms with E-state index in [2.05, 4.69) is 12.2 Å². The average Bonchev–Trinajstić information content (AvgIpc) is 2.65. The quantitative estimate of drug-likeness (QED) is 0.497. The Morgan fingerprint density at radius 1 is 1.33 bits per heavy atom. The minimum atomic E-state index is -0.343. The Bertz CT molecular complexity index is 490. The molecule has 1 aliphatic rings. The molecule has 0 amide bonds. The smallest absolute Gasteiger partial charge is 0.296 e. The van der Waals surface area contributed by atoms with Gasteiger partial charge in [0, 0.05) is 6.04 Å². The lowest BCUT2D eigenvalue weighted by Crippen LogP contribution is -2.19. The summed E-state index contributed by atoms with van der Waals surface area (Å²) in [6.07, 6.45) is 5.77. The topological polar surface area (TPSA) is 64.4 Å². The molecular formula is C16H24N2O3. The van der Waals surface area contributed by atoms with Gasteiger partial charge in [-0.2, -0.15) is 0 Å². The van der Waals surface area contributed by atoms with Crippen LogP contribution in [0.2, 0.25) is 0 Å². The number of anilines is 1. The molecule has 21 heavy (non-hydrogen) atoms. The molecule has 1 aromatic carbocycles. The van der Waals surface area contributed by atoms with E-state index in [4.69, 9.17) is 4.74 Å². The van der Waals surface area contributed by atoms with Crippen LogP contribution in [0, 0.1) is 16.0 Å². The number of nitrogens with zero attached hydrogens (tertiary/aromatic N) is 1. The fourth-order valence-electron chi connectivity index (χ4n) is 2.89. The number of hydrogen-bond acceptors (Lipinski definition) is 4. The molecule has 0 aromatic heterocycles. The predicted molar refractivity (Wildman–Crippen MR) is 83.9 cm³/mol. The highest BCUT2D eigenvalue weighted by Crippen LogP contribution is 2.32. The van der Waals surface area contributed by atoms with Crippen molar-refractivity contribution in [2.45, 2.75) is 52.0 Å². The van der Waals surface area contributed by atoms with Crippen LogP contribution in [0.15, 0.2) is 18.2 Å². The molecule has 1 aromatic rings. The first kappa shape index (κ1) is 15.6. The van der Waals surface area contributed by atoms with Gasteiger partial charge in [0.25, 0.3) is 5.69 Å². The van der Waals surface area contributed by atoms with Crippen LogP contribution < -0.4 is 10.1 Å². The molecule has 0 radical (unpaired) electrons. The van der Waals surface area contributed by atoms with Gasteiger partial charge < -0.3 is 10.1 Å². The van der Waals surface area contributed by atoms with Crippen molar-refractivity contribution < 1.29 is 9.66 Å². The lowest BCUT2D eigenvalue weighted by Gasteiger charge is -2.18. The highest BCUT2D eigenvalue weighted by atomic mass is 16.6. The lowest BCUT2D eigenvalue weighted by molar-refractivity contribution is -0.384. The van der Waals surface area contributed by atoms with Crippen LogP contribution in [-0.2, 0) is 0 Å². The summed E-state index contributed by atoms with van der Waals surface area (Å²) in [6, 6.07) is 5.38. The monoisotopic (exact) mass is 292 g/mol. The number of nitro benzene ring substituents is 1. The average molecular weight is 292 g/mol. The minimum absolute atomic E-state index is 0.0956. The number of benzene rings is 1. The van der Waals surface area contributed by atoms with Crippen molar-refractivity contribution in [2.24, 2.45) is 5.92 Å². The van der Waals surface area contributed by atoms with E-state index in [0.717, 1.165) is 18.8 Å². The third-order valence-electron chi connectivity index (χ3n) is 4.09. The molecule has 1 saturated carbocycles. The van der Waals surface area contributed by atoms with Gasteiger partial charge in [-0.05, 0) is 44.2 Å². The number of nitro groups is 1. The molecule has 0 bridgehead atoms. The van der Waals surface area contributed by atoms with Crippen LogP contribution in [0.1, 0.15) is 46.0 Å². The Hall–Kier alpha value is -1.78. The van der Waals surface area contributed by atoms with E-state index >= 15 is 0 Å². The van der Waals surface area contributed by atoms with Crippen molar-refractivity contribution in [3.05, 3.63) is 28.3 Å². The molecule has 0 aliphatic heterocycles. The summed E-state index contributed by atoms with van der Waals surface area (Å²) in [6.45, 7) is 4.65. The predicted octanol–water partition coefficient (Wildman–Crippen LogP) is 4.37. The van der Waals surface area contributed by atoms with E-state index in [1.807, 2.05) is 6.92 Å². The molecule has 0 heterocycles. The summed E-state index contributed by atoms with van der Waals surface area (Å²) < 4.78 is 5.34. The third kappa shape index (κ3) is 4.34. The Balaban J connectivity index is 2.12. The number of ether oxygens (including phenoxy) is 1. The standard InChI is InChI=1S/C16H24N2O3/c1-3-21-14-9-10-15(16(11-14)18(19)20)17-13-6-4-5-12(2)7-8-13/h9-13,17H,3-8H2,1-2H3. The molecule has 0 saturated heterocycles. The Labute approximate surface area is 125 Å². The maximum absolute atomic E-state index is 11.2. The SMILES string of the molecule is CCOc1ccc(NC2CCCC(C)CC2)c([N+](=O)[O-])c1. The maximum atomic E-state index is 11.2. The molecule has 2 unspecified atom stereocenters. The van der Waals surface area contributed by atoms with E-state index in [0.29, 0.717) is 24.1 Å². The van der Waals surface area contributed by atoms with E-state index in [-0.39, 0.29) is 10.6 Å². The Morgan fingerprint density at radius 3 is 2.86 bits per heavy atom. The van der Waals surface area contributed by atoms with Gasteiger partial charge in [0.15, 0.2) is 0 Å². The van der Waals surface area contributed by atoms with Gasteiger partial charge in [0.1, 0.15) is 11.4 Å². The largest absolute Gasteiger partial charge is 0.494 e. The first-order valence-electron chi connectivity index (χ1n) is 7.78. The van der Waals surface area contributed by atoms with E-state index in [9.17, 15) is 10.1 Å². The maximum Gasteiger partial charge on any atom is 0.296 e. The first-order chi connectivity index (χ1) is 10.1. The molecule has 0 spiro atoms. The lowest BCUT2D eigenvalue weighted by atomic mass is 10.0. The van der Waals surface area contributed by atoms with Crippen molar-refractivity contribution >= 4 is 11.4 Å². The molecule has 2 atom stereocenters. The fourth-order valence-corrected chi connectivity index (χ4v) is 2.89. The van der Waals surface area contributed by atoms with E-state index < -0.39 is 0 Å². The normalized spacial score (nSPS) is 22.4. The molecule has 116 valence electrons. The Kier molecular flexibility index (Phi) is 5.42. The first-order valence-corrected chi connectivity index (χ1v) is 7.78. The summed E-state index contributed by atoms with van der Waals surface area (Å²) in [7, 11) is 0. The molecule has 1 aliphatic carbocycles. The second-order valence-corrected chi connectivity index (χ2v) is 5.82. The second kappa shape index (κ2) is 7.29. The summed E-state index contributed by atoms with van der Waals surface area (Å²) in [5.41, 5.74) is 0.696. The van der Waals surface area contributed by atoms with Crippen molar-refractivity contribution in [1.82, 2.24) is 0 Å². The zero-order valence-corrected chi connectivity index (χ0v) is 12.8. The van der Waals surface area contributed by atoms with Crippen molar-refractivity contribution in [3.63, 3.8) is 0 Å². The molecule has 2 rings (SSSR count). The van der Waals surface area contributed by atoms with Gasteiger partial charge >= 0.3 is 0 Å². The molecule has 1 N–H and O–H groups in total. The Morgan fingerprint density at radius 2 is 2.14 bits per heavy atom. The fraction of sp³-hybridized carbons (Fsp3) is 0.625. The van der Waals surface area contributed by atoms with Crippen LogP contribution in [0.25, 0.3) is 0 Å². The zero-order valence-electron chi connectivity index (χ0n) is 12.8. The van der Waals surface area contributed by atoms with Crippen LogP contribution in [0.4, 0.5) is 11.4 Å². The van der Waals surface area contributed by atoms with Crippen molar-refractivity contribution in [1.29, 1.82) is 0 Å². The van der Waals surface area contributed by atoms with Gasteiger partial charge in [0.2, 0.25) is 0 Å². The summed E-state index contributed by atoms with van der Waals surface area (Å²) in [5, 5.41) is 14.6. The third-order valence-corrected chi connectivity index (χ3v) is 4.09. The number of hydrogen-bond donors (Lipinski definition) is 1. The van der Waals surface area contributed by atoms with Gasteiger partial charge in [-0.3, -0.25) is 10.1 Å². The molecule has 5 heteroatoms. The highest BCUT2D eigenvalue weighted by Gasteiger charge is 2.20. The van der Waals surface area contributed by atoms with Crippen LogP contribution in [0.3, 0.4) is 0 Å². The second-order valence-electron chi connectivity index (χ2n) is 5.82. The highest BCUT2D eigenvalue weighted by molar-refractivity contribution is 5.64. The van der Waals surface area contributed by atoms with Crippen LogP contribution in [0.5, 0.6) is 5.75 Å². The van der Waals surface area contributed by atoms with Crippen LogP contribution in [-0.4, -0.2) is 17.6 Å². The van der Waals surface area contributed by atoms with Crippen molar-refractivity contribution in [3.8, 4) is 5.75 Å². The summed E-state index contributed by atoms with van der Waals surface area (Å²) in [5.74, 6) is 1.30. The van der Waals surface area contributed by atoms with Crippen molar-refractivity contribution in [2.75, 3.05) is 11.9 Å². The molecule has 5 nitrogen and oxygen atoms in total. The number of nitrogens with one attached hydrogen (secondary N) is 1. The van der Waals surface area contributed by atoms with E-state index in [1.54, 1.807) is 12.1 Å². The van der Waals surface area contributed by atoms with E-state index in [1.165, 1.54) is 25.3 Å². The minimum Gasteiger partial charge on any atom is -0.494 e. The number of rotatable bonds is 5. The van der Waals surface area contributed by atoms with Gasteiger partial charge in [0.05, 0.1) is 17.6 Å².